The molecule has 0 fully saturated rings. The Kier molecular flexibility index (Phi) is 4.99. The van der Waals surface area contributed by atoms with Crippen molar-refractivity contribution in [1.29, 1.82) is 0 Å². The van der Waals surface area contributed by atoms with Gasteiger partial charge in [0.25, 0.3) is 0 Å². The summed E-state index contributed by atoms with van der Waals surface area (Å²) in [4.78, 5) is 11.7. The molecule has 1 amide bonds. The van der Waals surface area contributed by atoms with Crippen LogP contribution >= 0.6 is 0 Å². The average Bonchev–Trinajstić information content (AvgIpc) is 2.12. The van der Waals surface area contributed by atoms with Gasteiger partial charge in [-0.15, -0.1) is 0 Å². The fourth-order valence-corrected chi connectivity index (χ4v) is 1.22. The zero-order chi connectivity index (χ0) is 10.5. The Hall–Kier alpha value is -0.570. The molecule has 0 radical (unpaired) electrons. The minimum absolute atomic E-state index is 0.121. The number of nitrogens with one attached hydrogen (secondary N) is 1. The Morgan fingerprint density at radius 1 is 1.54 bits per heavy atom. The van der Waals surface area contributed by atoms with Gasteiger partial charge in [-0.1, -0.05) is 27.7 Å². The van der Waals surface area contributed by atoms with Crippen LogP contribution in [0.2, 0.25) is 0 Å². The lowest BCUT2D eigenvalue weighted by atomic mass is 9.76. The van der Waals surface area contributed by atoms with Crippen LogP contribution in [-0.4, -0.2) is 19.0 Å². The van der Waals surface area contributed by atoms with E-state index >= 15 is 0 Å². The SMILES string of the molecule is CCC(C)(C(=O)NCCN)C(C)C. The summed E-state index contributed by atoms with van der Waals surface area (Å²) in [6, 6.07) is 0. The third-order valence-electron chi connectivity index (χ3n) is 2.96. The summed E-state index contributed by atoms with van der Waals surface area (Å²) in [5, 5.41) is 2.84. The first-order valence-corrected chi connectivity index (χ1v) is 4.97. The highest BCUT2D eigenvalue weighted by Crippen LogP contribution is 2.30. The second kappa shape index (κ2) is 5.22. The molecule has 1 unspecified atom stereocenters. The van der Waals surface area contributed by atoms with Gasteiger partial charge in [-0.05, 0) is 12.3 Å². The molecule has 78 valence electrons. The van der Waals surface area contributed by atoms with Crippen LogP contribution in [0.1, 0.15) is 34.1 Å². The summed E-state index contributed by atoms with van der Waals surface area (Å²) < 4.78 is 0. The highest BCUT2D eigenvalue weighted by molar-refractivity contribution is 5.82. The van der Waals surface area contributed by atoms with Crippen molar-refractivity contribution in [2.75, 3.05) is 13.1 Å². The molecule has 0 saturated carbocycles. The molecule has 0 aromatic carbocycles. The highest BCUT2D eigenvalue weighted by Gasteiger charge is 2.33. The first-order valence-electron chi connectivity index (χ1n) is 4.97. The van der Waals surface area contributed by atoms with Gasteiger partial charge in [0.2, 0.25) is 5.91 Å². The molecular formula is C10H22N2O. The molecule has 1 atom stereocenters. The smallest absolute Gasteiger partial charge is 0.226 e. The van der Waals surface area contributed by atoms with E-state index in [1.165, 1.54) is 0 Å². The summed E-state index contributed by atoms with van der Waals surface area (Å²) >= 11 is 0. The van der Waals surface area contributed by atoms with Crippen molar-refractivity contribution in [3.63, 3.8) is 0 Å². The minimum atomic E-state index is -0.255. The van der Waals surface area contributed by atoms with E-state index in [2.05, 4.69) is 19.2 Å². The summed E-state index contributed by atoms with van der Waals surface area (Å²) in [6.45, 7) is 9.27. The van der Waals surface area contributed by atoms with Crippen molar-refractivity contribution in [2.24, 2.45) is 17.1 Å². The standard InChI is InChI=1S/C10H22N2O/c1-5-10(4,8(2)3)9(13)12-7-6-11/h8H,5-7,11H2,1-4H3,(H,12,13). The summed E-state index contributed by atoms with van der Waals surface area (Å²) in [6.07, 6.45) is 0.862. The zero-order valence-electron chi connectivity index (χ0n) is 9.18. The maximum Gasteiger partial charge on any atom is 0.226 e. The largest absolute Gasteiger partial charge is 0.354 e. The lowest BCUT2D eigenvalue weighted by molar-refractivity contribution is -0.132. The van der Waals surface area contributed by atoms with Crippen molar-refractivity contribution in [1.82, 2.24) is 5.32 Å². The molecule has 3 heteroatoms. The molecule has 0 rings (SSSR count). The molecule has 0 aromatic rings. The molecule has 3 nitrogen and oxygen atoms in total. The van der Waals surface area contributed by atoms with E-state index in [1.54, 1.807) is 0 Å². The Bertz CT molecular complexity index is 168. The van der Waals surface area contributed by atoms with Crippen molar-refractivity contribution in [2.45, 2.75) is 34.1 Å². The van der Waals surface area contributed by atoms with E-state index in [4.69, 9.17) is 5.73 Å². The Morgan fingerprint density at radius 3 is 2.38 bits per heavy atom. The topological polar surface area (TPSA) is 55.1 Å². The Balaban J connectivity index is 4.30. The summed E-state index contributed by atoms with van der Waals surface area (Å²) in [5.74, 6) is 0.478. The molecule has 0 saturated heterocycles. The molecule has 0 aromatic heterocycles. The van der Waals surface area contributed by atoms with Gasteiger partial charge in [0, 0.05) is 18.5 Å². The number of rotatable bonds is 5. The molecule has 0 heterocycles. The second-order valence-electron chi connectivity index (χ2n) is 3.97. The van der Waals surface area contributed by atoms with Gasteiger partial charge in [-0.25, -0.2) is 0 Å². The lowest BCUT2D eigenvalue weighted by Gasteiger charge is -2.30. The second-order valence-corrected chi connectivity index (χ2v) is 3.97. The average molecular weight is 186 g/mol. The van der Waals surface area contributed by atoms with E-state index < -0.39 is 0 Å². The van der Waals surface area contributed by atoms with Crippen LogP contribution in [0.3, 0.4) is 0 Å². The zero-order valence-corrected chi connectivity index (χ0v) is 9.18. The van der Waals surface area contributed by atoms with Crippen LogP contribution in [0, 0.1) is 11.3 Å². The molecule has 0 bridgehead atoms. The van der Waals surface area contributed by atoms with E-state index in [0.29, 0.717) is 19.0 Å². The van der Waals surface area contributed by atoms with Gasteiger partial charge in [-0.2, -0.15) is 0 Å². The predicted molar refractivity (Wildman–Crippen MR) is 55.3 cm³/mol. The van der Waals surface area contributed by atoms with Gasteiger partial charge in [0.05, 0.1) is 0 Å². The third-order valence-corrected chi connectivity index (χ3v) is 2.96. The molecule has 0 aliphatic heterocycles. The number of carbonyl (C=O) groups excluding carboxylic acids is 1. The van der Waals surface area contributed by atoms with Crippen LogP contribution in [0.25, 0.3) is 0 Å². The van der Waals surface area contributed by atoms with Gasteiger partial charge in [0.1, 0.15) is 0 Å². The monoisotopic (exact) mass is 186 g/mol. The van der Waals surface area contributed by atoms with Crippen molar-refractivity contribution >= 4 is 5.91 Å². The van der Waals surface area contributed by atoms with Crippen molar-refractivity contribution in [3.8, 4) is 0 Å². The molecule has 3 N–H and O–H groups in total. The van der Waals surface area contributed by atoms with Gasteiger partial charge in [0.15, 0.2) is 0 Å². The number of nitrogens with two attached hydrogens (primary N) is 1. The predicted octanol–water partition coefficient (Wildman–Crippen LogP) is 1.13. The van der Waals surface area contributed by atoms with Crippen molar-refractivity contribution in [3.05, 3.63) is 0 Å². The lowest BCUT2D eigenvalue weighted by Crippen LogP contribution is -2.43. The fraction of sp³-hybridized carbons (Fsp3) is 0.900. The maximum absolute atomic E-state index is 11.7. The Morgan fingerprint density at radius 2 is 2.08 bits per heavy atom. The van der Waals surface area contributed by atoms with Crippen molar-refractivity contribution < 1.29 is 4.79 Å². The number of carbonyl (C=O) groups is 1. The van der Waals surface area contributed by atoms with E-state index in [-0.39, 0.29) is 11.3 Å². The van der Waals surface area contributed by atoms with Crippen LogP contribution in [0.5, 0.6) is 0 Å². The summed E-state index contributed by atoms with van der Waals surface area (Å²) in [7, 11) is 0. The van der Waals surface area contributed by atoms with Gasteiger partial charge >= 0.3 is 0 Å². The van der Waals surface area contributed by atoms with Crippen LogP contribution in [0.4, 0.5) is 0 Å². The number of amides is 1. The van der Waals surface area contributed by atoms with Gasteiger partial charge in [-0.3, -0.25) is 4.79 Å². The van der Waals surface area contributed by atoms with Gasteiger partial charge < -0.3 is 11.1 Å². The van der Waals surface area contributed by atoms with E-state index in [0.717, 1.165) is 6.42 Å². The quantitative estimate of drug-likeness (QED) is 0.676. The number of hydrogen-bond acceptors (Lipinski definition) is 2. The first kappa shape index (κ1) is 12.4. The summed E-state index contributed by atoms with van der Waals surface area (Å²) in [5.41, 5.74) is 5.07. The minimum Gasteiger partial charge on any atom is -0.354 e. The molecule has 0 aliphatic rings. The molecule has 0 aliphatic carbocycles. The van der Waals surface area contributed by atoms with Crippen LogP contribution in [-0.2, 0) is 4.79 Å². The van der Waals surface area contributed by atoms with E-state index in [1.807, 2.05) is 13.8 Å². The highest BCUT2D eigenvalue weighted by atomic mass is 16.2. The molecule has 0 spiro atoms. The third kappa shape index (κ3) is 2.99. The van der Waals surface area contributed by atoms with Crippen LogP contribution < -0.4 is 11.1 Å². The Labute approximate surface area is 81.1 Å². The molecule has 13 heavy (non-hydrogen) atoms. The number of hydrogen-bond donors (Lipinski definition) is 2. The normalized spacial score (nSPS) is 15.5. The first-order chi connectivity index (χ1) is 5.99. The fourth-order valence-electron chi connectivity index (χ4n) is 1.22. The van der Waals surface area contributed by atoms with Crippen LogP contribution in [0.15, 0.2) is 0 Å². The maximum atomic E-state index is 11.7. The van der Waals surface area contributed by atoms with E-state index in [9.17, 15) is 4.79 Å². The molecular weight excluding hydrogens is 164 g/mol.